The molecule has 0 aromatic carbocycles. The Labute approximate surface area is 122 Å². The number of nitrogens with one attached hydrogen (secondary N) is 2. The van der Waals surface area contributed by atoms with Crippen LogP contribution in [-0.4, -0.2) is 25.7 Å². The van der Waals surface area contributed by atoms with Crippen LogP contribution in [0.5, 0.6) is 0 Å². The van der Waals surface area contributed by atoms with Crippen LogP contribution in [0.25, 0.3) is 0 Å². The molecule has 0 spiro atoms. The minimum absolute atomic E-state index is 0.113. The van der Waals surface area contributed by atoms with Gasteiger partial charge in [0.25, 0.3) is 5.91 Å². The van der Waals surface area contributed by atoms with Crippen molar-refractivity contribution in [3.05, 3.63) is 29.5 Å². The van der Waals surface area contributed by atoms with E-state index >= 15 is 0 Å². The first kappa shape index (κ1) is 14.9. The highest BCUT2D eigenvalue weighted by Crippen LogP contribution is 2.17. The second-order valence-corrected chi connectivity index (χ2v) is 5.04. The van der Waals surface area contributed by atoms with Gasteiger partial charge in [0.1, 0.15) is 11.6 Å². The maximum atomic E-state index is 12.4. The molecule has 0 saturated heterocycles. The average molecular weight is 289 g/mol. The van der Waals surface area contributed by atoms with E-state index in [0.717, 1.165) is 5.69 Å². The van der Waals surface area contributed by atoms with Crippen molar-refractivity contribution in [2.75, 3.05) is 10.7 Å². The number of anilines is 2. The predicted molar refractivity (Wildman–Crippen MR) is 79.8 cm³/mol. The molecule has 4 N–H and O–H groups in total. The third kappa shape index (κ3) is 3.16. The molecule has 0 fully saturated rings. The Kier molecular flexibility index (Phi) is 4.18. The molecule has 8 nitrogen and oxygen atoms in total. The van der Waals surface area contributed by atoms with Crippen molar-refractivity contribution in [3.63, 3.8) is 0 Å². The first-order valence-electron chi connectivity index (χ1n) is 6.58. The Bertz CT molecular complexity index is 663. The first-order valence-corrected chi connectivity index (χ1v) is 6.58. The summed E-state index contributed by atoms with van der Waals surface area (Å²) in [5, 5.41) is 6.94. The van der Waals surface area contributed by atoms with E-state index in [-0.39, 0.29) is 17.5 Å². The fourth-order valence-electron chi connectivity index (χ4n) is 1.86. The lowest BCUT2D eigenvalue weighted by atomic mass is 10.2. The van der Waals surface area contributed by atoms with E-state index in [9.17, 15) is 4.79 Å². The molecular weight excluding hydrogens is 270 g/mol. The number of aryl methyl sites for hydroxylation is 2. The van der Waals surface area contributed by atoms with Gasteiger partial charge in [0, 0.05) is 19.0 Å². The van der Waals surface area contributed by atoms with E-state index in [2.05, 4.69) is 25.8 Å². The summed E-state index contributed by atoms with van der Waals surface area (Å²) < 4.78 is 1.59. The zero-order valence-electron chi connectivity index (χ0n) is 12.5. The molecule has 8 heteroatoms. The number of rotatable bonds is 4. The van der Waals surface area contributed by atoms with Crippen LogP contribution in [0, 0.1) is 6.92 Å². The van der Waals surface area contributed by atoms with Gasteiger partial charge in [-0.15, -0.1) is 0 Å². The molecule has 0 aliphatic rings. The summed E-state index contributed by atoms with van der Waals surface area (Å²) in [6.07, 6.45) is 1.51. The van der Waals surface area contributed by atoms with Gasteiger partial charge in [-0.25, -0.2) is 9.97 Å². The maximum Gasteiger partial charge on any atom is 0.277 e. The molecule has 21 heavy (non-hydrogen) atoms. The summed E-state index contributed by atoms with van der Waals surface area (Å²) in [5.74, 6) is 6.33. The number of hydrazine groups is 1. The number of hydrogen-bond acceptors (Lipinski definition) is 6. The topological polar surface area (TPSA) is 111 Å². The Hall–Kier alpha value is -2.48. The van der Waals surface area contributed by atoms with Crippen molar-refractivity contribution in [2.45, 2.75) is 26.7 Å². The smallest absolute Gasteiger partial charge is 0.277 e. The Morgan fingerprint density at radius 1 is 1.43 bits per heavy atom. The standard InChI is InChI=1S/C13H19N7O/c1-7(2)12-15-6-9(18-14)11(17-12)13(21)16-10-5-8(3)19-20(10)4/h5-7,18H,14H2,1-4H3,(H,16,21). The van der Waals surface area contributed by atoms with Gasteiger partial charge < -0.3 is 10.7 Å². The lowest BCUT2D eigenvalue weighted by Crippen LogP contribution is -2.21. The molecule has 2 aromatic heterocycles. The Morgan fingerprint density at radius 3 is 2.67 bits per heavy atom. The summed E-state index contributed by atoms with van der Waals surface area (Å²) in [4.78, 5) is 20.8. The van der Waals surface area contributed by atoms with Crippen LogP contribution in [0.15, 0.2) is 12.3 Å². The van der Waals surface area contributed by atoms with Gasteiger partial charge in [-0.3, -0.25) is 15.3 Å². The van der Waals surface area contributed by atoms with Gasteiger partial charge in [-0.1, -0.05) is 13.8 Å². The third-order valence-electron chi connectivity index (χ3n) is 2.94. The monoisotopic (exact) mass is 289 g/mol. The summed E-state index contributed by atoms with van der Waals surface area (Å²) >= 11 is 0. The molecule has 112 valence electrons. The average Bonchev–Trinajstić information content (AvgIpc) is 2.75. The highest BCUT2D eigenvalue weighted by Gasteiger charge is 2.17. The van der Waals surface area contributed by atoms with Gasteiger partial charge in [0.2, 0.25) is 0 Å². The predicted octanol–water partition coefficient (Wildman–Crippen LogP) is 1.18. The minimum Gasteiger partial charge on any atom is -0.321 e. The third-order valence-corrected chi connectivity index (χ3v) is 2.94. The lowest BCUT2D eigenvalue weighted by molar-refractivity contribution is 0.102. The molecule has 1 amide bonds. The van der Waals surface area contributed by atoms with E-state index in [1.54, 1.807) is 17.8 Å². The second-order valence-electron chi connectivity index (χ2n) is 5.04. The number of aromatic nitrogens is 4. The van der Waals surface area contributed by atoms with Crippen molar-refractivity contribution in [3.8, 4) is 0 Å². The van der Waals surface area contributed by atoms with Crippen LogP contribution in [0.4, 0.5) is 11.5 Å². The molecule has 0 bridgehead atoms. The fraction of sp³-hybridized carbons (Fsp3) is 0.385. The van der Waals surface area contributed by atoms with E-state index in [1.807, 2.05) is 20.8 Å². The van der Waals surface area contributed by atoms with Crippen molar-refractivity contribution in [1.82, 2.24) is 19.7 Å². The van der Waals surface area contributed by atoms with Crippen molar-refractivity contribution in [1.29, 1.82) is 0 Å². The van der Waals surface area contributed by atoms with Crippen molar-refractivity contribution < 1.29 is 4.79 Å². The van der Waals surface area contributed by atoms with Gasteiger partial charge >= 0.3 is 0 Å². The number of nitrogens with two attached hydrogens (primary N) is 1. The van der Waals surface area contributed by atoms with Gasteiger partial charge in [-0.05, 0) is 6.92 Å². The molecule has 0 radical (unpaired) electrons. The number of hydrogen-bond donors (Lipinski definition) is 3. The van der Waals surface area contributed by atoms with Crippen LogP contribution in [-0.2, 0) is 7.05 Å². The quantitative estimate of drug-likeness (QED) is 0.575. The van der Waals surface area contributed by atoms with E-state index in [1.165, 1.54) is 6.20 Å². The minimum atomic E-state index is -0.366. The molecule has 0 aliphatic heterocycles. The summed E-state index contributed by atoms with van der Waals surface area (Å²) in [6, 6.07) is 1.78. The summed E-state index contributed by atoms with van der Waals surface area (Å²) in [7, 11) is 1.75. The summed E-state index contributed by atoms with van der Waals surface area (Å²) in [5.41, 5.74) is 3.83. The molecule has 0 unspecified atom stereocenters. The normalized spacial score (nSPS) is 10.8. The van der Waals surface area contributed by atoms with Crippen LogP contribution in [0.2, 0.25) is 0 Å². The molecule has 0 saturated carbocycles. The van der Waals surface area contributed by atoms with Gasteiger partial charge in [0.15, 0.2) is 5.69 Å². The van der Waals surface area contributed by atoms with Crippen LogP contribution >= 0.6 is 0 Å². The van der Waals surface area contributed by atoms with Crippen LogP contribution in [0.3, 0.4) is 0 Å². The van der Waals surface area contributed by atoms with Crippen molar-refractivity contribution >= 4 is 17.4 Å². The van der Waals surface area contributed by atoms with E-state index in [0.29, 0.717) is 17.3 Å². The molecule has 2 rings (SSSR count). The molecule has 2 heterocycles. The number of carbonyl (C=O) groups is 1. The molecule has 2 aromatic rings. The maximum absolute atomic E-state index is 12.4. The molecular formula is C13H19N7O. The lowest BCUT2D eigenvalue weighted by Gasteiger charge is -2.11. The molecule has 0 atom stereocenters. The first-order chi connectivity index (χ1) is 9.92. The van der Waals surface area contributed by atoms with Gasteiger partial charge in [0.05, 0.1) is 17.6 Å². The molecule has 0 aliphatic carbocycles. The van der Waals surface area contributed by atoms with E-state index in [4.69, 9.17) is 5.84 Å². The van der Waals surface area contributed by atoms with E-state index < -0.39 is 0 Å². The van der Waals surface area contributed by atoms with Crippen molar-refractivity contribution in [2.24, 2.45) is 12.9 Å². The highest BCUT2D eigenvalue weighted by atomic mass is 16.2. The number of carbonyl (C=O) groups excluding carboxylic acids is 1. The number of nitrogen functional groups attached to an aromatic ring is 1. The highest BCUT2D eigenvalue weighted by molar-refractivity contribution is 6.06. The second kappa shape index (κ2) is 5.88. The Morgan fingerprint density at radius 2 is 2.14 bits per heavy atom. The SMILES string of the molecule is Cc1cc(NC(=O)c2nc(C(C)C)ncc2NN)n(C)n1. The van der Waals surface area contributed by atoms with Crippen LogP contribution < -0.4 is 16.6 Å². The Balaban J connectivity index is 2.33. The fourth-order valence-corrected chi connectivity index (χ4v) is 1.86. The zero-order chi connectivity index (χ0) is 15.6. The number of amides is 1. The van der Waals surface area contributed by atoms with Crippen LogP contribution in [0.1, 0.15) is 41.8 Å². The summed E-state index contributed by atoms with van der Waals surface area (Å²) in [6.45, 7) is 5.76. The van der Waals surface area contributed by atoms with Gasteiger partial charge in [-0.2, -0.15) is 5.10 Å². The number of nitrogens with zero attached hydrogens (tertiary/aromatic N) is 4. The zero-order valence-corrected chi connectivity index (χ0v) is 12.5. The largest absolute Gasteiger partial charge is 0.321 e.